The lowest BCUT2D eigenvalue weighted by Crippen LogP contribution is -2.12. The van der Waals surface area contributed by atoms with E-state index in [9.17, 15) is 18.4 Å². The van der Waals surface area contributed by atoms with E-state index in [-0.39, 0.29) is 23.4 Å². The Balaban J connectivity index is 1.71. The van der Waals surface area contributed by atoms with Crippen molar-refractivity contribution in [1.29, 1.82) is 0 Å². The van der Waals surface area contributed by atoms with E-state index in [0.29, 0.717) is 32.3 Å². The van der Waals surface area contributed by atoms with E-state index in [1.807, 2.05) is 0 Å². The fraction of sp³-hybridized carbons (Fsp3) is 0.100. The van der Waals surface area contributed by atoms with Crippen LogP contribution in [0.1, 0.15) is 30.5 Å². The maximum absolute atomic E-state index is 13.2. The van der Waals surface area contributed by atoms with E-state index in [0.717, 1.165) is 11.3 Å². The smallest absolute Gasteiger partial charge is 0.265 e. The van der Waals surface area contributed by atoms with Gasteiger partial charge in [-0.2, -0.15) is 0 Å². The summed E-state index contributed by atoms with van der Waals surface area (Å²) in [7, 11) is 0. The van der Waals surface area contributed by atoms with E-state index in [1.165, 1.54) is 36.4 Å². The van der Waals surface area contributed by atoms with Crippen LogP contribution in [0, 0.1) is 25.5 Å². The minimum absolute atomic E-state index is 0.347. The van der Waals surface area contributed by atoms with Crippen molar-refractivity contribution in [3.05, 3.63) is 81.0 Å². The van der Waals surface area contributed by atoms with Crippen LogP contribution in [-0.2, 0) is 0 Å². The topological polar surface area (TPSA) is 58.2 Å². The van der Waals surface area contributed by atoms with Crippen LogP contribution in [0.5, 0.6) is 0 Å². The molecule has 2 amide bonds. The summed E-state index contributed by atoms with van der Waals surface area (Å²) < 4.78 is 26.3. The highest BCUT2D eigenvalue weighted by atomic mass is 32.1. The number of amides is 2. The fourth-order valence-corrected chi connectivity index (χ4v) is 3.28. The van der Waals surface area contributed by atoms with Gasteiger partial charge in [0.25, 0.3) is 11.8 Å². The number of anilines is 2. The number of rotatable bonds is 4. The molecule has 0 saturated heterocycles. The van der Waals surface area contributed by atoms with Gasteiger partial charge in [-0.3, -0.25) is 9.59 Å². The fourth-order valence-electron chi connectivity index (χ4n) is 2.48. The molecule has 0 aliphatic rings. The largest absolute Gasteiger partial charge is 0.321 e. The Bertz CT molecular complexity index is 951. The second kappa shape index (κ2) is 7.67. The predicted octanol–water partition coefficient (Wildman–Crippen LogP) is 5.15. The number of benzene rings is 2. The zero-order valence-corrected chi connectivity index (χ0v) is 15.4. The average Bonchev–Trinajstić information content (AvgIpc) is 3.10. The van der Waals surface area contributed by atoms with Gasteiger partial charge in [0.2, 0.25) is 0 Å². The third-order valence-corrected chi connectivity index (χ3v) is 5.01. The number of halogens is 2. The lowest BCUT2D eigenvalue weighted by atomic mass is 10.2. The van der Waals surface area contributed by atoms with Gasteiger partial charge in [-0.1, -0.05) is 0 Å². The molecular formula is C20H16F2N2O2S. The van der Waals surface area contributed by atoms with Crippen LogP contribution in [0.3, 0.4) is 0 Å². The van der Waals surface area contributed by atoms with Gasteiger partial charge in [0.1, 0.15) is 11.6 Å². The van der Waals surface area contributed by atoms with Crippen molar-refractivity contribution in [3.8, 4) is 0 Å². The quantitative estimate of drug-likeness (QED) is 0.652. The number of hydrogen-bond acceptors (Lipinski definition) is 3. The standard InChI is InChI=1S/C20H16F2N2O2S/c1-11-9-13(21)3-5-15(11)23-19(25)17-7-8-18(27-17)20(26)24-16-6-4-14(22)10-12(16)2/h3-10H,1-2H3,(H,23,25)(H,24,26). The van der Waals surface area contributed by atoms with Gasteiger partial charge in [0.05, 0.1) is 9.75 Å². The first-order valence-corrected chi connectivity index (χ1v) is 8.90. The first kappa shape index (κ1) is 18.7. The first-order valence-electron chi connectivity index (χ1n) is 8.08. The van der Waals surface area contributed by atoms with Gasteiger partial charge in [0.15, 0.2) is 0 Å². The zero-order chi connectivity index (χ0) is 19.6. The lowest BCUT2D eigenvalue weighted by Gasteiger charge is -2.07. The number of hydrogen-bond donors (Lipinski definition) is 2. The summed E-state index contributed by atoms with van der Waals surface area (Å²) in [5.74, 6) is -1.52. The minimum atomic E-state index is -0.383. The van der Waals surface area contributed by atoms with Crippen LogP contribution in [-0.4, -0.2) is 11.8 Å². The molecule has 3 aromatic rings. The third-order valence-electron chi connectivity index (χ3n) is 3.93. The van der Waals surface area contributed by atoms with Crippen molar-refractivity contribution in [2.75, 3.05) is 10.6 Å². The Labute approximate surface area is 158 Å². The number of aryl methyl sites for hydroxylation is 2. The maximum atomic E-state index is 13.2. The number of thiophene rings is 1. The highest BCUT2D eigenvalue weighted by Crippen LogP contribution is 2.23. The first-order chi connectivity index (χ1) is 12.8. The van der Waals surface area contributed by atoms with E-state index in [4.69, 9.17) is 0 Å². The van der Waals surface area contributed by atoms with Crippen molar-refractivity contribution in [1.82, 2.24) is 0 Å². The maximum Gasteiger partial charge on any atom is 0.265 e. The lowest BCUT2D eigenvalue weighted by molar-refractivity contribution is 0.102. The van der Waals surface area contributed by atoms with Crippen LogP contribution in [0.4, 0.5) is 20.2 Å². The monoisotopic (exact) mass is 386 g/mol. The summed E-state index contributed by atoms with van der Waals surface area (Å²) in [5, 5.41) is 5.40. The molecule has 0 aliphatic carbocycles. The van der Waals surface area contributed by atoms with Crippen LogP contribution < -0.4 is 10.6 Å². The summed E-state index contributed by atoms with van der Waals surface area (Å²) in [6, 6.07) is 11.3. The second-order valence-corrected chi connectivity index (χ2v) is 7.07. The number of carbonyl (C=O) groups is 2. The molecule has 0 aliphatic heterocycles. The van der Waals surface area contributed by atoms with Crippen molar-refractivity contribution < 1.29 is 18.4 Å². The highest BCUT2D eigenvalue weighted by molar-refractivity contribution is 7.16. The molecule has 0 bridgehead atoms. The Hall–Kier alpha value is -3.06. The van der Waals surface area contributed by atoms with Gasteiger partial charge in [0, 0.05) is 11.4 Å². The molecule has 27 heavy (non-hydrogen) atoms. The third kappa shape index (κ3) is 4.38. The summed E-state index contributed by atoms with van der Waals surface area (Å²) in [4.78, 5) is 25.4. The second-order valence-electron chi connectivity index (χ2n) is 5.99. The molecule has 7 heteroatoms. The van der Waals surface area contributed by atoms with E-state index < -0.39 is 0 Å². The normalized spacial score (nSPS) is 10.5. The Morgan fingerprint density at radius 3 is 1.52 bits per heavy atom. The van der Waals surface area contributed by atoms with E-state index >= 15 is 0 Å². The summed E-state index contributed by atoms with van der Waals surface area (Å²) in [6.07, 6.45) is 0. The molecule has 0 radical (unpaired) electrons. The Morgan fingerprint density at radius 1 is 0.741 bits per heavy atom. The van der Waals surface area contributed by atoms with Crippen LogP contribution in [0.2, 0.25) is 0 Å². The highest BCUT2D eigenvalue weighted by Gasteiger charge is 2.15. The average molecular weight is 386 g/mol. The van der Waals surface area contributed by atoms with Crippen molar-refractivity contribution in [2.45, 2.75) is 13.8 Å². The molecule has 3 rings (SSSR count). The van der Waals surface area contributed by atoms with Crippen molar-refractivity contribution in [2.24, 2.45) is 0 Å². The molecule has 0 unspecified atom stereocenters. The van der Waals surface area contributed by atoms with Gasteiger partial charge in [-0.15, -0.1) is 11.3 Å². The van der Waals surface area contributed by atoms with Crippen LogP contribution >= 0.6 is 11.3 Å². The molecule has 0 fully saturated rings. The molecule has 0 atom stereocenters. The van der Waals surface area contributed by atoms with Crippen LogP contribution in [0.15, 0.2) is 48.5 Å². The molecule has 2 aromatic carbocycles. The predicted molar refractivity (Wildman–Crippen MR) is 102 cm³/mol. The molecule has 1 heterocycles. The summed E-state index contributed by atoms with van der Waals surface area (Å²) in [6.45, 7) is 3.38. The van der Waals surface area contributed by atoms with E-state index in [2.05, 4.69) is 10.6 Å². The molecule has 4 nitrogen and oxygen atoms in total. The van der Waals surface area contributed by atoms with Gasteiger partial charge in [-0.05, 0) is 73.5 Å². The molecule has 2 N–H and O–H groups in total. The SMILES string of the molecule is Cc1cc(F)ccc1NC(=O)c1ccc(C(=O)Nc2ccc(F)cc2C)s1. The van der Waals surface area contributed by atoms with Gasteiger partial charge in [-0.25, -0.2) is 8.78 Å². The van der Waals surface area contributed by atoms with Gasteiger partial charge >= 0.3 is 0 Å². The van der Waals surface area contributed by atoms with Gasteiger partial charge < -0.3 is 10.6 Å². The molecular weight excluding hydrogens is 370 g/mol. The van der Waals surface area contributed by atoms with Crippen LogP contribution in [0.25, 0.3) is 0 Å². The molecule has 0 saturated carbocycles. The number of carbonyl (C=O) groups excluding carboxylic acids is 2. The summed E-state index contributed by atoms with van der Waals surface area (Å²) >= 11 is 1.03. The zero-order valence-electron chi connectivity index (χ0n) is 14.6. The molecule has 1 aromatic heterocycles. The van der Waals surface area contributed by atoms with Crippen molar-refractivity contribution >= 4 is 34.5 Å². The summed E-state index contributed by atoms with van der Waals surface area (Å²) in [5.41, 5.74) is 2.21. The molecule has 0 spiro atoms. The minimum Gasteiger partial charge on any atom is -0.321 e. The Morgan fingerprint density at radius 2 is 1.15 bits per heavy atom. The molecule has 138 valence electrons. The Kier molecular flexibility index (Phi) is 5.32. The van der Waals surface area contributed by atoms with E-state index in [1.54, 1.807) is 26.0 Å². The van der Waals surface area contributed by atoms with Crippen molar-refractivity contribution in [3.63, 3.8) is 0 Å². The number of nitrogens with one attached hydrogen (secondary N) is 2.